The van der Waals surface area contributed by atoms with Gasteiger partial charge in [0, 0.05) is 12.0 Å². The molecule has 0 saturated heterocycles. The summed E-state index contributed by atoms with van der Waals surface area (Å²) in [6.45, 7) is 0. The minimum atomic E-state index is -4.95. The molecule has 1 aromatic heterocycles. The van der Waals surface area contributed by atoms with Gasteiger partial charge in [-0.05, 0) is 42.8 Å². The largest absolute Gasteiger partial charge is 0.493 e. The van der Waals surface area contributed by atoms with Gasteiger partial charge >= 0.3 is 12.1 Å². The average molecular weight is 568 g/mol. The summed E-state index contributed by atoms with van der Waals surface area (Å²) < 4.78 is 81.5. The van der Waals surface area contributed by atoms with Gasteiger partial charge in [-0.25, -0.2) is 23.2 Å². The first-order valence-corrected chi connectivity index (χ1v) is 12.9. The van der Waals surface area contributed by atoms with Crippen molar-refractivity contribution < 1.29 is 45.4 Å². The second kappa shape index (κ2) is 12.1. The molecular weight excluding hydrogens is 543 g/mol. The van der Waals surface area contributed by atoms with Crippen LogP contribution in [0.4, 0.5) is 18.9 Å². The molecule has 0 atom stereocenters. The van der Waals surface area contributed by atoms with Crippen molar-refractivity contribution in [3.8, 4) is 22.8 Å². The van der Waals surface area contributed by atoms with E-state index in [1.807, 2.05) is 0 Å². The molecule has 39 heavy (non-hydrogen) atoms. The number of ether oxygens (including phenoxy) is 3. The summed E-state index contributed by atoms with van der Waals surface area (Å²) in [6, 6.07) is 10.9. The Kier molecular flexibility index (Phi) is 9.11. The quantitative estimate of drug-likeness (QED) is 0.283. The fourth-order valence-corrected chi connectivity index (χ4v) is 4.64. The maximum Gasteiger partial charge on any atom is 0.433 e. The lowest BCUT2D eigenvalue weighted by Crippen LogP contribution is -2.19. The molecule has 10 nitrogen and oxygen atoms in total. The van der Waals surface area contributed by atoms with E-state index in [4.69, 9.17) is 9.47 Å². The van der Waals surface area contributed by atoms with Crippen molar-refractivity contribution in [2.45, 2.75) is 24.2 Å². The first-order chi connectivity index (χ1) is 18.4. The molecule has 2 aromatic carbocycles. The molecule has 0 radical (unpaired) electrons. The van der Waals surface area contributed by atoms with Crippen molar-refractivity contribution in [1.29, 1.82) is 0 Å². The minimum Gasteiger partial charge on any atom is -0.493 e. The predicted molar refractivity (Wildman–Crippen MR) is 133 cm³/mol. The van der Waals surface area contributed by atoms with E-state index in [0.29, 0.717) is 11.8 Å². The van der Waals surface area contributed by atoms with E-state index in [2.05, 4.69) is 20.0 Å². The third-order valence-electron chi connectivity index (χ3n) is 5.38. The number of nitrogens with one attached hydrogen (secondary N) is 1. The molecule has 0 aliphatic carbocycles. The summed E-state index contributed by atoms with van der Waals surface area (Å²) in [6.07, 6.45) is -5.51. The SMILES string of the molecule is COC(=O)c1ccccc1NC(=O)CCCS(=O)(=O)c1nc(-c2ccc(OC)c(OC)c2)cc(C(F)(F)F)n1. The van der Waals surface area contributed by atoms with Gasteiger partial charge in [-0.2, -0.15) is 13.2 Å². The number of anilines is 1. The van der Waals surface area contributed by atoms with Crippen LogP contribution in [0.2, 0.25) is 0 Å². The Morgan fingerprint density at radius 1 is 0.949 bits per heavy atom. The van der Waals surface area contributed by atoms with Gasteiger partial charge in [0.05, 0.1) is 44.0 Å². The monoisotopic (exact) mass is 567 g/mol. The standard InChI is InChI=1S/C25H24F3N3O7S/c1-36-19-11-10-15(13-20(19)37-2)18-14-21(25(26,27)28)31-24(30-18)39(34,35)12-6-9-22(32)29-17-8-5-4-7-16(17)23(33)38-3/h4-5,7-8,10-11,13-14H,6,9,12H2,1-3H3,(H,29,32). The molecule has 1 N–H and O–H groups in total. The zero-order valence-electron chi connectivity index (χ0n) is 21.0. The molecular formula is C25H24F3N3O7S. The molecule has 3 aromatic rings. The Labute approximate surface area is 222 Å². The first kappa shape index (κ1) is 29.4. The van der Waals surface area contributed by atoms with Gasteiger partial charge in [0.25, 0.3) is 0 Å². The normalized spacial score (nSPS) is 11.5. The molecule has 14 heteroatoms. The molecule has 3 rings (SSSR count). The number of carbonyl (C=O) groups is 2. The number of nitrogens with zero attached hydrogens (tertiary/aromatic N) is 2. The van der Waals surface area contributed by atoms with E-state index in [9.17, 15) is 31.2 Å². The molecule has 208 valence electrons. The summed E-state index contributed by atoms with van der Waals surface area (Å²) >= 11 is 0. The van der Waals surface area contributed by atoms with Crippen LogP contribution in [-0.2, 0) is 25.5 Å². The van der Waals surface area contributed by atoms with Crippen LogP contribution in [0.5, 0.6) is 11.5 Å². The van der Waals surface area contributed by atoms with E-state index in [1.165, 1.54) is 51.7 Å². The van der Waals surface area contributed by atoms with Crippen molar-refractivity contribution in [2.24, 2.45) is 0 Å². The third-order valence-corrected chi connectivity index (χ3v) is 6.94. The highest BCUT2D eigenvalue weighted by Crippen LogP contribution is 2.35. The van der Waals surface area contributed by atoms with Crippen molar-refractivity contribution in [2.75, 3.05) is 32.4 Å². The number of aromatic nitrogens is 2. The number of halogens is 3. The lowest BCUT2D eigenvalue weighted by molar-refractivity contribution is -0.141. The molecule has 0 aliphatic rings. The van der Waals surface area contributed by atoms with Gasteiger partial charge in [0.15, 0.2) is 11.5 Å². The fraction of sp³-hybridized carbons (Fsp3) is 0.280. The Bertz CT molecular complexity index is 1480. The Hall–Kier alpha value is -4.20. The highest BCUT2D eigenvalue weighted by Gasteiger charge is 2.35. The van der Waals surface area contributed by atoms with Crippen molar-refractivity contribution in [3.63, 3.8) is 0 Å². The number of rotatable bonds is 10. The average Bonchev–Trinajstić information content (AvgIpc) is 2.91. The molecule has 0 saturated carbocycles. The lowest BCUT2D eigenvalue weighted by atomic mass is 10.1. The fourth-order valence-electron chi connectivity index (χ4n) is 3.46. The van der Waals surface area contributed by atoms with Crippen LogP contribution in [0, 0.1) is 0 Å². The number of benzene rings is 2. The number of para-hydroxylation sites is 1. The predicted octanol–water partition coefficient (Wildman–Crippen LogP) is 4.16. The van der Waals surface area contributed by atoms with Crippen molar-refractivity contribution in [3.05, 3.63) is 59.8 Å². The summed E-state index contributed by atoms with van der Waals surface area (Å²) in [4.78, 5) is 31.4. The van der Waals surface area contributed by atoms with E-state index in [1.54, 1.807) is 12.1 Å². The van der Waals surface area contributed by atoms with Gasteiger partial charge in [-0.1, -0.05) is 12.1 Å². The number of sulfone groups is 1. The van der Waals surface area contributed by atoms with Crippen LogP contribution in [0.25, 0.3) is 11.3 Å². The summed E-state index contributed by atoms with van der Waals surface area (Å²) in [5, 5.41) is 1.47. The number of esters is 1. The summed E-state index contributed by atoms with van der Waals surface area (Å²) in [5.74, 6) is -1.48. The number of amides is 1. The van der Waals surface area contributed by atoms with Crippen LogP contribution in [0.1, 0.15) is 28.9 Å². The Morgan fingerprint density at radius 2 is 1.64 bits per heavy atom. The van der Waals surface area contributed by atoms with Gasteiger partial charge in [-0.15, -0.1) is 0 Å². The zero-order valence-corrected chi connectivity index (χ0v) is 21.9. The molecule has 0 bridgehead atoms. The van der Waals surface area contributed by atoms with Crippen LogP contribution in [0.15, 0.2) is 53.7 Å². The molecule has 1 amide bonds. The Morgan fingerprint density at radius 3 is 2.28 bits per heavy atom. The van der Waals surface area contributed by atoms with Gasteiger partial charge in [0.1, 0.15) is 5.69 Å². The van der Waals surface area contributed by atoms with Crippen LogP contribution >= 0.6 is 0 Å². The minimum absolute atomic E-state index is 0.0982. The second-order valence-electron chi connectivity index (χ2n) is 8.00. The van der Waals surface area contributed by atoms with Gasteiger partial charge in [0.2, 0.25) is 20.9 Å². The van der Waals surface area contributed by atoms with E-state index >= 15 is 0 Å². The lowest BCUT2D eigenvalue weighted by Gasteiger charge is -2.13. The van der Waals surface area contributed by atoms with E-state index in [0.717, 1.165) is 0 Å². The van der Waals surface area contributed by atoms with E-state index < -0.39 is 44.5 Å². The maximum atomic E-state index is 13.6. The van der Waals surface area contributed by atoms with Crippen molar-refractivity contribution >= 4 is 27.4 Å². The van der Waals surface area contributed by atoms with Crippen LogP contribution in [-0.4, -0.2) is 57.3 Å². The second-order valence-corrected chi connectivity index (χ2v) is 10.00. The molecule has 0 spiro atoms. The van der Waals surface area contributed by atoms with Crippen LogP contribution in [0.3, 0.4) is 0 Å². The molecule has 0 fully saturated rings. The maximum absolute atomic E-state index is 13.6. The number of carbonyl (C=O) groups excluding carboxylic acids is 2. The topological polar surface area (TPSA) is 134 Å². The van der Waals surface area contributed by atoms with Gasteiger partial charge < -0.3 is 19.5 Å². The van der Waals surface area contributed by atoms with E-state index in [-0.39, 0.29) is 41.1 Å². The molecule has 1 heterocycles. The number of hydrogen-bond acceptors (Lipinski definition) is 9. The smallest absolute Gasteiger partial charge is 0.433 e. The third kappa shape index (κ3) is 7.22. The Balaban J connectivity index is 1.82. The highest BCUT2D eigenvalue weighted by molar-refractivity contribution is 7.91. The van der Waals surface area contributed by atoms with Gasteiger partial charge in [-0.3, -0.25) is 4.79 Å². The first-order valence-electron chi connectivity index (χ1n) is 11.3. The number of hydrogen-bond donors (Lipinski definition) is 1. The molecule has 0 unspecified atom stereocenters. The van der Waals surface area contributed by atoms with Crippen molar-refractivity contribution in [1.82, 2.24) is 9.97 Å². The number of alkyl halides is 3. The van der Waals surface area contributed by atoms with Crippen LogP contribution < -0.4 is 14.8 Å². The number of methoxy groups -OCH3 is 3. The summed E-state index contributed by atoms with van der Waals surface area (Å²) in [5.41, 5.74) is -1.34. The highest BCUT2D eigenvalue weighted by atomic mass is 32.2. The molecule has 0 aliphatic heterocycles. The zero-order chi connectivity index (χ0) is 28.8. The summed E-state index contributed by atoms with van der Waals surface area (Å²) in [7, 11) is -0.532.